The predicted molar refractivity (Wildman–Crippen MR) is 169 cm³/mol. The molecule has 8 heteroatoms. The van der Waals surface area contributed by atoms with Crippen LogP contribution >= 0.6 is 11.3 Å². The molecule has 5 aromatic rings. The van der Waals surface area contributed by atoms with Gasteiger partial charge in [-0.15, -0.1) is 11.3 Å². The van der Waals surface area contributed by atoms with Gasteiger partial charge in [0.15, 0.2) is 0 Å². The second-order valence-corrected chi connectivity index (χ2v) is 11.6. The van der Waals surface area contributed by atoms with Crippen LogP contribution in [0.15, 0.2) is 109 Å². The minimum absolute atomic E-state index is 0.0396. The van der Waals surface area contributed by atoms with E-state index >= 15 is 0 Å². The summed E-state index contributed by atoms with van der Waals surface area (Å²) in [6, 6.07) is 27.4. The lowest BCUT2D eigenvalue weighted by Crippen LogP contribution is -2.52. The molecule has 6 rings (SSSR count). The highest BCUT2D eigenvalue weighted by atomic mass is 32.1. The van der Waals surface area contributed by atoms with Crippen molar-refractivity contribution in [1.29, 1.82) is 0 Å². The molecule has 3 heterocycles. The highest BCUT2D eigenvalue weighted by Crippen LogP contribution is 2.24. The van der Waals surface area contributed by atoms with E-state index in [4.69, 9.17) is 0 Å². The zero-order valence-corrected chi connectivity index (χ0v) is 24.9. The van der Waals surface area contributed by atoms with Gasteiger partial charge in [-0.25, -0.2) is 9.67 Å². The van der Waals surface area contributed by atoms with Crippen molar-refractivity contribution in [2.75, 3.05) is 6.54 Å². The number of carbonyl (C=O) groups excluding carboxylic acids is 2. The third-order valence-corrected chi connectivity index (χ3v) is 8.77. The molecule has 2 amide bonds. The first-order chi connectivity index (χ1) is 21.0. The fraction of sp³-hybridized carbons (Fsp3) is 0.200. The first-order valence-electron chi connectivity index (χ1n) is 14.4. The van der Waals surface area contributed by atoms with Gasteiger partial charge in [-0.2, -0.15) is 5.10 Å². The largest absolute Gasteiger partial charge is 0.336 e. The molecule has 0 bridgehead atoms. The number of rotatable bonds is 9. The highest BCUT2D eigenvalue weighted by molar-refractivity contribution is 7.10. The van der Waals surface area contributed by atoms with Crippen molar-refractivity contribution in [1.82, 2.24) is 24.6 Å². The van der Waals surface area contributed by atoms with E-state index in [1.165, 1.54) is 16.9 Å². The molecule has 3 aromatic carbocycles. The van der Waals surface area contributed by atoms with E-state index in [0.29, 0.717) is 19.5 Å². The number of nitrogens with zero attached hydrogens (tertiary/aromatic N) is 5. The number of hydrogen-bond acceptors (Lipinski definition) is 5. The Bertz CT molecular complexity index is 1710. The summed E-state index contributed by atoms with van der Waals surface area (Å²) in [5.41, 5.74) is 7.95. The van der Waals surface area contributed by atoms with Crippen LogP contribution in [0.2, 0.25) is 0 Å². The molecule has 1 atom stereocenters. The molecule has 2 aromatic heterocycles. The summed E-state index contributed by atoms with van der Waals surface area (Å²) in [6.45, 7) is 3.38. The molecule has 1 aliphatic rings. The predicted octanol–water partition coefficient (Wildman–Crippen LogP) is 5.88. The van der Waals surface area contributed by atoms with Gasteiger partial charge in [-0.05, 0) is 59.9 Å². The average molecular weight is 588 g/mol. The lowest BCUT2D eigenvalue weighted by atomic mass is 9.97. The van der Waals surface area contributed by atoms with E-state index in [9.17, 15) is 9.59 Å². The van der Waals surface area contributed by atoms with Crippen LogP contribution in [0.4, 0.5) is 0 Å². The maximum absolute atomic E-state index is 14.4. The van der Waals surface area contributed by atoms with Crippen LogP contribution in [0, 0.1) is 6.92 Å². The Morgan fingerprint density at radius 2 is 1.72 bits per heavy atom. The Hall–Kier alpha value is -4.82. The molecular weight excluding hydrogens is 554 g/mol. The summed E-state index contributed by atoms with van der Waals surface area (Å²) in [5.74, 6) is -0.252. The van der Waals surface area contributed by atoms with Crippen molar-refractivity contribution in [2.24, 2.45) is 0 Å². The number of benzene rings is 3. The van der Waals surface area contributed by atoms with E-state index in [2.05, 4.69) is 22.2 Å². The fourth-order valence-electron chi connectivity index (χ4n) is 5.49. The Kier molecular flexibility index (Phi) is 8.56. The maximum Gasteiger partial charge on any atom is 0.247 e. The highest BCUT2D eigenvalue weighted by Gasteiger charge is 2.34. The molecule has 216 valence electrons. The summed E-state index contributed by atoms with van der Waals surface area (Å²) in [5, 5.41) is 4.32. The standard InChI is InChI=1S/C35H33N5O2S/c1-26-33(43-25-36-26)16-17-34(41)39(23-28-12-14-31(15-13-28)40-20-7-19-37-40)32(22-27-8-3-2-4-9-27)35(42)38-21-18-29-10-5-6-11-30(29)24-38/h2-17,19-20,25,32H,18,21-24H2,1H3/b17-16+/t32-/m0/s1. The first-order valence-corrected chi connectivity index (χ1v) is 15.3. The zero-order chi connectivity index (χ0) is 29.6. The SMILES string of the molecule is Cc1ncsc1/C=C/C(=O)N(Cc1ccc(-n2cccn2)cc1)[C@@H](Cc1ccccc1)C(=O)N1CCc2ccccc2C1. The van der Waals surface area contributed by atoms with Crippen molar-refractivity contribution in [3.63, 3.8) is 0 Å². The van der Waals surface area contributed by atoms with Crippen LogP contribution in [-0.2, 0) is 35.5 Å². The van der Waals surface area contributed by atoms with E-state index in [1.807, 2.05) is 96.9 Å². The quantitative estimate of drug-likeness (QED) is 0.202. The monoisotopic (exact) mass is 587 g/mol. The van der Waals surface area contributed by atoms with E-state index in [0.717, 1.165) is 39.4 Å². The number of aryl methyl sites for hydroxylation is 1. The molecule has 0 N–H and O–H groups in total. The summed E-state index contributed by atoms with van der Waals surface area (Å²) in [6.07, 6.45) is 8.24. The fourth-order valence-corrected chi connectivity index (χ4v) is 6.18. The molecule has 0 aliphatic carbocycles. The van der Waals surface area contributed by atoms with Crippen molar-refractivity contribution < 1.29 is 9.59 Å². The van der Waals surface area contributed by atoms with Gasteiger partial charge < -0.3 is 9.80 Å². The van der Waals surface area contributed by atoms with Gasteiger partial charge >= 0.3 is 0 Å². The van der Waals surface area contributed by atoms with Crippen molar-refractivity contribution in [3.05, 3.63) is 142 Å². The second-order valence-electron chi connectivity index (χ2n) is 10.7. The van der Waals surface area contributed by atoms with Crippen LogP contribution in [0.25, 0.3) is 11.8 Å². The molecule has 0 unspecified atom stereocenters. The molecular formula is C35H33N5O2S. The number of fused-ring (bicyclic) bond motifs is 1. The first kappa shape index (κ1) is 28.3. The van der Waals surface area contributed by atoms with E-state index < -0.39 is 6.04 Å². The normalized spacial score (nSPS) is 13.6. The molecule has 7 nitrogen and oxygen atoms in total. The van der Waals surface area contributed by atoms with Gasteiger partial charge in [0.2, 0.25) is 11.8 Å². The maximum atomic E-state index is 14.4. The molecule has 0 saturated carbocycles. The molecule has 0 radical (unpaired) electrons. The molecule has 0 fully saturated rings. The smallest absolute Gasteiger partial charge is 0.247 e. The van der Waals surface area contributed by atoms with E-state index in [1.54, 1.807) is 27.4 Å². The average Bonchev–Trinajstić information content (AvgIpc) is 3.74. The van der Waals surface area contributed by atoms with Gasteiger partial charge in [0.1, 0.15) is 6.04 Å². The Labute approximate surface area is 255 Å². The van der Waals surface area contributed by atoms with Crippen molar-refractivity contribution in [2.45, 2.75) is 38.9 Å². The third-order valence-electron chi connectivity index (χ3n) is 7.88. The van der Waals surface area contributed by atoms with Crippen LogP contribution in [0.5, 0.6) is 0 Å². The number of amides is 2. The van der Waals surface area contributed by atoms with Crippen molar-refractivity contribution in [3.8, 4) is 5.69 Å². The van der Waals surface area contributed by atoms with Crippen LogP contribution in [0.3, 0.4) is 0 Å². The minimum Gasteiger partial charge on any atom is -0.336 e. The Morgan fingerprint density at radius 1 is 0.953 bits per heavy atom. The van der Waals surface area contributed by atoms with Gasteiger partial charge in [0.05, 0.1) is 16.9 Å². The van der Waals surface area contributed by atoms with Crippen molar-refractivity contribution >= 4 is 29.2 Å². The molecule has 1 aliphatic heterocycles. The summed E-state index contributed by atoms with van der Waals surface area (Å²) >= 11 is 1.49. The van der Waals surface area contributed by atoms with Crippen LogP contribution < -0.4 is 0 Å². The molecule has 43 heavy (non-hydrogen) atoms. The van der Waals surface area contributed by atoms with Gasteiger partial charge in [0, 0.05) is 49.4 Å². The van der Waals surface area contributed by atoms with E-state index in [-0.39, 0.29) is 18.4 Å². The minimum atomic E-state index is -0.682. The Morgan fingerprint density at radius 3 is 2.44 bits per heavy atom. The number of thiazole rings is 1. The van der Waals surface area contributed by atoms with Crippen LogP contribution in [-0.4, -0.2) is 49.0 Å². The molecule has 0 spiro atoms. The van der Waals surface area contributed by atoms with Gasteiger partial charge in [-0.1, -0.05) is 66.7 Å². The number of aromatic nitrogens is 3. The third kappa shape index (κ3) is 6.65. The summed E-state index contributed by atoms with van der Waals surface area (Å²) in [7, 11) is 0. The summed E-state index contributed by atoms with van der Waals surface area (Å²) in [4.78, 5) is 37.4. The van der Waals surface area contributed by atoms with Gasteiger partial charge in [-0.3, -0.25) is 9.59 Å². The lowest BCUT2D eigenvalue weighted by molar-refractivity contribution is -0.144. The Balaban J connectivity index is 1.34. The number of carbonyl (C=O) groups is 2. The topological polar surface area (TPSA) is 71.3 Å². The van der Waals surface area contributed by atoms with Gasteiger partial charge in [0.25, 0.3) is 0 Å². The van der Waals surface area contributed by atoms with Crippen LogP contribution in [0.1, 0.15) is 32.8 Å². The number of hydrogen-bond donors (Lipinski definition) is 0. The zero-order valence-electron chi connectivity index (χ0n) is 24.0. The second kappa shape index (κ2) is 13.0. The lowest BCUT2D eigenvalue weighted by Gasteiger charge is -2.37. The molecule has 0 saturated heterocycles. The summed E-state index contributed by atoms with van der Waals surface area (Å²) < 4.78 is 1.79.